The SMILES string of the molecule is C#CC(C)Oc1nc(N)nc(OC(C)C)n1. The maximum absolute atomic E-state index is 5.48. The number of nitrogens with zero attached hydrogens (tertiary/aromatic N) is 3. The quantitative estimate of drug-likeness (QED) is 0.753. The number of ether oxygens (including phenoxy) is 2. The van der Waals surface area contributed by atoms with Crippen molar-refractivity contribution in [3.63, 3.8) is 0 Å². The van der Waals surface area contributed by atoms with Crippen molar-refractivity contribution in [2.75, 3.05) is 5.73 Å². The van der Waals surface area contributed by atoms with Crippen molar-refractivity contribution in [3.05, 3.63) is 0 Å². The highest BCUT2D eigenvalue weighted by Crippen LogP contribution is 2.13. The molecular weight excluding hydrogens is 208 g/mol. The van der Waals surface area contributed by atoms with Gasteiger partial charge in [-0.1, -0.05) is 5.92 Å². The van der Waals surface area contributed by atoms with Gasteiger partial charge in [-0.15, -0.1) is 11.4 Å². The summed E-state index contributed by atoms with van der Waals surface area (Å²) in [6.07, 6.45) is 4.68. The molecular formula is C10H14N4O2. The first-order valence-corrected chi connectivity index (χ1v) is 4.82. The molecule has 0 aliphatic carbocycles. The standard InChI is InChI=1S/C10H14N4O2/c1-5-7(4)16-10-13-8(11)12-9(14-10)15-6(2)3/h1,6-7H,2-4H3,(H2,11,12,13,14). The molecule has 0 saturated heterocycles. The lowest BCUT2D eigenvalue weighted by atomic mass is 10.4. The van der Waals surface area contributed by atoms with Crippen LogP contribution in [0.3, 0.4) is 0 Å². The van der Waals surface area contributed by atoms with Gasteiger partial charge >= 0.3 is 12.0 Å². The van der Waals surface area contributed by atoms with E-state index in [2.05, 4.69) is 20.9 Å². The number of nitrogen functional groups attached to an aromatic ring is 1. The van der Waals surface area contributed by atoms with Gasteiger partial charge in [0.05, 0.1) is 6.10 Å². The van der Waals surface area contributed by atoms with E-state index in [1.54, 1.807) is 6.92 Å². The minimum Gasteiger partial charge on any atom is -0.461 e. The van der Waals surface area contributed by atoms with Gasteiger partial charge in [0, 0.05) is 0 Å². The topological polar surface area (TPSA) is 83.2 Å². The second-order valence-corrected chi connectivity index (χ2v) is 3.35. The fourth-order valence-corrected chi connectivity index (χ4v) is 0.861. The fraction of sp³-hybridized carbons (Fsp3) is 0.500. The third kappa shape index (κ3) is 3.61. The second kappa shape index (κ2) is 5.16. The number of nitrogens with two attached hydrogens (primary N) is 1. The molecule has 1 atom stereocenters. The number of rotatable bonds is 4. The van der Waals surface area contributed by atoms with Crippen molar-refractivity contribution >= 4 is 5.95 Å². The fourth-order valence-electron chi connectivity index (χ4n) is 0.861. The van der Waals surface area contributed by atoms with Crippen LogP contribution in [0, 0.1) is 12.3 Å². The van der Waals surface area contributed by atoms with Crippen LogP contribution in [0.25, 0.3) is 0 Å². The van der Waals surface area contributed by atoms with E-state index in [-0.39, 0.29) is 24.1 Å². The number of anilines is 1. The Morgan fingerprint density at radius 3 is 2.19 bits per heavy atom. The van der Waals surface area contributed by atoms with Gasteiger partial charge in [0.25, 0.3) is 0 Å². The second-order valence-electron chi connectivity index (χ2n) is 3.35. The van der Waals surface area contributed by atoms with Crippen molar-refractivity contribution < 1.29 is 9.47 Å². The lowest BCUT2D eigenvalue weighted by Crippen LogP contribution is -2.14. The molecule has 1 heterocycles. The largest absolute Gasteiger partial charge is 0.461 e. The third-order valence-electron chi connectivity index (χ3n) is 1.47. The predicted octanol–water partition coefficient (Wildman–Crippen LogP) is 0.642. The molecule has 0 aromatic carbocycles. The van der Waals surface area contributed by atoms with Crippen LogP contribution in [0.1, 0.15) is 20.8 Å². The van der Waals surface area contributed by atoms with Crippen molar-refractivity contribution in [3.8, 4) is 24.4 Å². The highest BCUT2D eigenvalue weighted by molar-refractivity contribution is 5.20. The minimum atomic E-state index is -0.436. The molecule has 16 heavy (non-hydrogen) atoms. The van der Waals surface area contributed by atoms with Crippen LogP contribution in [0.4, 0.5) is 5.95 Å². The van der Waals surface area contributed by atoms with Gasteiger partial charge in [0.2, 0.25) is 5.95 Å². The summed E-state index contributed by atoms with van der Waals surface area (Å²) in [4.78, 5) is 11.5. The van der Waals surface area contributed by atoms with E-state index in [0.29, 0.717) is 0 Å². The van der Waals surface area contributed by atoms with E-state index in [1.807, 2.05) is 13.8 Å². The molecule has 0 fully saturated rings. The Morgan fingerprint density at radius 2 is 1.69 bits per heavy atom. The smallest absolute Gasteiger partial charge is 0.325 e. The lowest BCUT2D eigenvalue weighted by molar-refractivity contribution is 0.208. The maximum Gasteiger partial charge on any atom is 0.325 e. The molecule has 1 unspecified atom stereocenters. The molecule has 6 nitrogen and oxygen atoms in total. The highest BCUT2D eigenvalue weighted by atomic mass is 16.5. The molecule has 6 heteroatoms. The molecule has 0 aliphatic rings. The van der Waals surface area contributed by atoms with Crippen LogP contribution in [-0.4, -0.2) is 27.2 Å². The molecule has 0 radical (unpaired) electrons. The van der Waals surface area contributed by atoms with Gasteiger partial charge < -0.3 is 15.2 Å². The monoisotopic (exact) mass is 222 g/mol. The van der Waals surface area contributed by atoms with Crippen LogP contribution < -0.4 is 15.2 Å². The number of terminal acetylenes is 1. The van der Waals surface area contributed by atoms with Crippen molar-refractivity contribution in [1.82, 2.24) is 15.0 Å². The average molecular weight is 222 g/mol. The summed E-state index contributed by atoms with van der Waals surface area (Å²) in [5, 5.41) is 0. The molecule has 0 saturated carbocycles. The van der Waals surface area contributed by atoms with Crippen molar-refractivity contribution in [2.45, 2.75) is 33.0 Å². The van der Waals surface area contributed by atoms with Gasteiger partial charge in [-0.2, -0.15) is 9.97 Å². The van der Waals surface area contributed by atoms with Gasteiger partial charge in [-0.05, 0) is 20.8 Å². The summed E-state index contributed by atoms with van der Waals surface area (Å²) in [7, 11) is 0. The van der Waals surface area contributed by atoms with Crippen LogP contribution >= 0.6 is 0 Å². The molecule has 0 amide bonds. The lowest BCUT2D eigenvalue weighted by Gasteiger charge is -2.10. The Kier molecular flexibility index (Phi) is 3.89. The summed E-state index contributed by atoms with van der Waals surface area (Å²) >= 11 is 0. The van der Waals surface area contributed by atoms with E-state index < -0.39 is 6.10 Å². The molecule has 0 bridgehead atoms. The van der Waals surface area contributed by atoms with Crippen molar-refractivity contribution in [1.29, 1.82) is 0 Å². The van der Waals surface area contributed by atoms with E-state index >= 15 is 0 Å². The van der Waals surface area contributed by atoms with Crippen LogP contribution in [0.2, 0.25) is 0 Å². The molecule has 1 rings (SSSR count). The predicted molar refractivity (Wildman–Crippen MR) is 58.9 cm³/mol. The first-order chi connectivity index (χ1) is 7.51. The summed E-state index contributed by atoms with van der Waals surface area (Å²) < 4.78 is 10.5. The van der Waals surface area contributed by atoms with Gasteiger partial charge in [-0.3, -0.25) is 0 Å². The zero-order valence-corrected chi connectivity index (χ0v) is 9.47. The van der Waals surface area contributed by atoms with E-state index in [1.165, 1.54) is 0 Å². The Hall–Kier alpha value is -2.03. The van der Waals surface area contributed by atoms with E-state index in [4.69, 9.17) is 21.6 Å². The minimum absolute atomic E-state index is 0.0323. The Morgan fingerprint density at radius 1 is 1.12 bits per heavy atom. The molecule has 1 aromatic heterocycles. The number of hydrogen-bond donors (Lipinski definition) is 1. The van der Waals surface area contributed by atoms with Crippen LogP contribution in [-0.2, 0) is 0 Å². The van der Waals surface area contributed by atoms with Gasteiger partial charge in [0.1, 0.15) is 0 Å². The first-order valence-electron chi connectivity index (χ1n) is 4.82. The molecule has 2 N–H and O–H groups in total. The van der Waals surface area contributed by atoms with Crippen molar-refractivity contribution in [2.24, 2.45) is 0 Å². The maximum atomic E-state index is 5.48. The Bertz CT molecular complexity index is 400. The van der Waals surface area contributed by atoms with Crippen LogP contribution in [0.5, 0.6) is 12.0 Å². The first kappa shape index (κ1) is 12.0. The summed E-state index contributed by atoms with van der Waals surface area (Å²) in [5.41, 5.74) is 5.48. The zero-order valence-electron chi connectivity index (χ0n) is 9.47. The van der Waals surface area contributed by atoms with Crippen LogP contribution in [0.15, 0.2) is 0 Å². The number of aromatic nitrogens is 3. The zero-order chi connectivity index (χ0) is 12.1. The molecule has 0 aliphatic heterocycles. The van der Waals surface area contributed by atoms with Gasteiger partial charge in [0.15, 0.2) is 6.10 Å². The Balaban J connectivity index is 2.86. The van der Waals surface area contributed by atoms with Gasteiger partial charge in [-0.25, -0.2) is 0 Å². The average Bonchev–Trinajstić information content (AvgIpc) is 2.15. The van der Waals surface area contributed by atoms with E-state index in [0.717, 1.165) is 0 Å². The Labute approximate surface area is 94.2 Å². The summed E-state index contributed by atoms with van der Waals surface area (Å²) in [5.74, 6) is 2.42. The van der Waals surface area contributed by atoms with E-state index in [9.17, 15) is 0 Å². The molecule has 0 spiro atoms. The molecule has 86 valence electrons. The summed E-state index contributed by atoms with van der Waals surface area (Å²) in [6, 6.07) is 0.190. The summed E-state index contributed by atoms with van der Waals surface area (Å²) in [6.45, 7) is 5.40. The number of hydrogen-bond acceptors (Lipinski definition) is 6. The molecule has 1 aromatic rings. The highest BCUT2D eigenvalue weighted by Gasteiger charge is 2.09. The third-order valence-corrected chi connectivity index (χ3v) is 1.47. The normalized spacial score (nSPS) is 11.9.